The van der Waals surface area contributed by atoms with Crippen molar-refractivity contribution in [2.45, 2.75) is 65.6 Å². The molecule has 6 aromatic carbocycles. The smallest absolute Gasteiger partial charge is 0.149 e. The van der Waals surface area contributed by atoms with Crippen molar-refractivity contribution in [1.29, 1.82) is 0 Å². The van der Waals surface area contributed by atoms with E-state index < -0.39 is 6.85 Å². The summed E-state index contributed by atoms with van der Waals surface area (Å²) in [6.07, 6.45) is 2.81. The van der Waals surface area contributed by atoms with Gasteiger partial charge in [-0.05, 0) is 112 Å². The van der Waals surface area contributed by atoms with Crippen molar-refractivity contribution in [2.75, 3.05) is 0 Å². The number of hydrogen-bond acceptors (Lipinski definition) is 3. The van der Waals surface area contributed by atoms with Gasteiger partial charge in [0, 0.05) is 27.0 Å². The number of phenols is 1. The SMILES string of the molecule is [2H]C([2H])([2H])c1ccc(-c2ccnc(-c3cc(-c4cccc5c4nc(-c4ccccc4O)n5-c4ccc(C(C)(C)CC)cc4-c4ccccc4)cc(C(C)(C)C)c3)c2)cc1. The van der Waals surface area contributed by atoms with E-state index in [2.05, 4.69) is 131 Å². The van der Waals surface area contributed by atoms with Gasteiger partial charge in [0.25, 0.3) is 0 Å². The largest absolute Gasteiger partial charge is 0.507 e. The molecular formula is C52H49N3O. The Morgan fingerprint density at radius 1 is 0.607 bits per heavy atom. The van der Waals surface area contributed by atoms with E-state index in [1.807, 2.05) is 48.7 Å². The fourth-order valence-electron chi connectivity index (χ4n) is 7.42. The predicted octanol–water partition coefficient (Wildman–Crippen LogP) is 13.8. The normalized spacial score (nSPS) is 13.0. The second-order valence-electron chi connectivity index (χ2n) is 16.4. The van der Waals surface area contributed by atoms with E-state index in [0.717, 1.165) is 73.3 Å². The Labute approximate surface area is 335 Å². The Kier molecular flexibility index (Phi) is 8.53. The van der Waals surface area contributed by atoms with E-state index in [1.165, 1.54) is 5.56 Å². The summed E-state index contributed by atoms with van der Waals surface area (Å²) in [4.78, 5) is 10.3. The molecule has 8 aromatic rings. The first-order valence-corrected chi connectivity index (χ1v) is 19.4. The second kappa shape index (κ2) is 14.4. The van der Waals surface area contributed by atoms with Gasteiger partial charge >= 0.3 is 0 Å². The molecule has 0 fully saturated rings. The highest BCUT2D eigenvalue weighted by Crippen LogP contribution is 2.42. The predicted molar refractivity (Wildman–Crippen MR) is 234 cm³/mol. The maximum atomic E-state index is 11.4. The van der Waals surface area contributed by atoms with Gasteiger partial charge in [0.05, 0.1) is 28.0 Å². The number of aromatic hydroxyl groups is 1. The van der Waals surface area contributed by atoms with Gasteiger partial charge in [-0.15, -0.1) is 0 Å². The van der Waals surface area contributed by atoms with Gasteiger partial charge in [-0.25, -0.2) is 4.98 Å². The molecule has 0 saturated carbocycles. The van der Waals surface area contributed by atoms with Crippen LogP contribution >= 0.6 is 0 Å². The lowest BCUT2D eigenvalue weighted by Gasteiger charge is -2.25. The van der Waals surface area contributed by atoms with Crippen molar-refractivity contribution in [2.24, 2.45) is 0 Å². The third-order valence-corrected chi connectivity index (χ3v) is 11.2. The molecular weight excluding hydrogens is 683 g/mol. The van der Waals surface area contributed by atoms with Gasteiger partial charge in [-0.2, -0.15) is 0 Å². The van der Waals surface area contributed by atoms with Gasteiger partial charge in [0.1, 0.15) is 11.6 Å². The number of phenolic OH excluding ortho intramolecular Hbond substituents is 1. The Morgan fingerprint density at radius 3 is 2.07 bits per heavy atom. The Balaban J connectivity index is 1.35. The van der Waals surface area contributed by atoms with Crippen LogP contribution in [0.1, 0.15) is 68.8 Å². The molecule has 278 valence electrons. The molecule has 2 heterocycles. The number of aromatic nitrogens is 3. The van der Waals surface area contributed by atoms with Crippen LogP contribution in [0.3, 0.4) is 0 Å². The quantitative estimate of drug-likeness (QED) is 0.169. The number of fused-ring (bicyclic) bond motifs is 1. The summed E-state index contributed by atoms with van der Waals surface area (Å²) in [7, 11) is 0. The fraction of sp³-hybridized carbons (Fsp3) is 0.192. The summed E-state index contributed by atoms with van der Waals surface area (Å²) in [6.45, 7) is 11.3. The number of nitrogens with zero attached hydrogens (tertiary/aromatic N) is 3. The number of imidazole rings is 1. The van der Waals surface area contributed by atoms with Crippen molar-refractivity contribution < 1.29 is 9.22 Å². The van der Waals surface area contributed by atoms with E-state index in [9.17, 15) is 5.11 Å². The molecule has 4 nitrogen and oxygen atoms in total. The van der Waals surface area contributed by atoms with Crippen LogP contribution < -0.4 is 0 Å². The molecule has 0 amide bonds. The molecule has 0 bridgehead atoms. The van der Waals surface area contributed by atoms with Gasteiger partial charge in [0.2, 0.25) is 0 Å². The third-order valence-electron chi connectivity index (χ3n) is 11.2. The average molecular weight is 735 g/mol. The van der Waals surface area contributed by atoms with Crippen LogP contribution in [-0.4, -0.2) is 19.6 Å². The number of rotatable bonds is 8. The zero-order valence-corrected chi connectivity index (χ0v) is 32.9. The highest BCUT2D eigenvalue weighted by Gasteiger charge is 2.25. The van der Waals surface area contributed by atoms with Crippen LogP contribution in [0.4, 0.5) is 0 Å². The molecule has 0 aliphatic heterocycles. The lowest BCUT2D eigenvalue weighted by atomic mass is 9.81. The molecule has 0 atom stereocenters. The lowest BCUT2D eigenvalue weighted by molar-refractivity contribution is 0.477. The van der Waals surface area contributed by atoms with E-state index in [4.69, 9.17) is 14.1 Å². The first kappa shape index (κ1) is 33.1. The molecule has 1 N–H and O–H groups in total. The summed E-state index contributed by atoms with van der Waals surface area (Å²) in [5, 5.41) is 11.4. The topological polar surface area (TPSA) is 50.9 Å². The van der Waals surface area contributed by atoms with E-state index in [0.29, 0.717) is 17.0 Å². The van der Waals surface area contributed by atoms with Crippen LogP contribution in [0.25, 0.3) is 72.7 Å². The van der Waals surface area contributed by atoms with E-state index in [1.54, 1.807) is 18.2 Å². The van der Waals surface area contributed by atoms with Crippen molar-refractivity contribution in [3.8, 4) is 67.5 Å². The molecule has 4 heteroatoms. The number of benzene rings is 6. The Morgan fingerprint density at radius 2 is 1.34 bits per heavy atom. The maximum Gasteiger partial charge on any atom is 0.149 e. The Bertz CT molecular complexity index is 2810. The highest BCUT2D eigenvalue weighted by atomic mass is 16.3. The summed E-state index contributed by atoms with van der Waals surface area (Å²) >= 11 is 0. The summed E-state index contributed by atoms with van der Waals surface area (Å²) in [5.74, 6) is 0.808. The molecule has 0 spiro atoms. The van der Waals surface area contributed by atoms with Crippen LogP contribution in [0.5, 0.6) is 5.75 Å². The summed E-state index contributed by atoms with van der Waals surface area (Å²) in [6, 6.07) is 48.7. The molecule has 0 saturated heterocycles. The van der Waals surface area contributed by atoms with Gasteiger partial charge in [-0.3, -0.25) is 9.55 Å². The second-order valence-corrected chi connectivity index (χ2v) is 16.4. The Hall–Kier alpha value is -6.26. The fourth-order valence-corrected chi connectivity index (χ4v) is 7.42. The minimum atomic E-state index is -2.16. The molecule has 0 aliphatic carbocycles. The van der Waals surface area contributed by atoms with Crippen molar-refractivity contribution in [3.05, 3.63) is 168 Å². The zero-order valence-electron chi connectivity index (χ0n) is 35.9. The van der Waals surface area contributed by atoms with Crippen molar-refractivity contribution in [3.63, 3.8) is 0 Å². The highest BCUT2D eigenvalue weighted by molar-refractivity contribution is 5.97. The standard InChI is InChI=1S/C52H49N3O/c1-8-52(6,7)40-25-26-46(44(33-40)36-15-10-9-11-16-36)55-47-19-14-18-42(49(47)54-50(55)43-17-12-13-20-48(43)56)38-29-39(31-41(30-38)51(3,4)5)45-32-37(27-28-53-45)35-23-21-34(2)22-24-35/h9-33,56H,8H2,1-7H3/i2D3. The monoisotopic (exact) mass is 734 g/mol. The lowest BCUT2D eigenvalue weighted by Crippen LogP contribution is -2.16. The molecule has 2 aromatic heterocycles. The van der Waals surface area contributed by atoms with Gasteiger partial charge in [-0.1, -0.05) is 138 Å². The molecule has 56 heavy (non-hydrogen) atoms. The van der Waals surface area contributed by atoms with E-state index >= 15 is 0 Å². The minimum absolute atomic E-state index is 0.0266. The maximum absolute atomic E-state index is 11.4. The van der Waals surface area contributed by atoms with Gasteiger partial charge in [0.15, 0.2) is 0 Å². The number of aryl methyl sites for hydroxylation is 1. The van der Waals surface area contributed by atoms with Crippen LogP contribution in [0.15, 0.2) is 152 Å². The van der Waals surface area contributed by atoms with Crippen molar-refractivity contribution in [1.82, 2.24) is 14.5 Å². The molecule has 0 aliphatic rings. The minimum Gasteiger partial charge on any atom is -0.507 e. The van der Waals surface area contributed by atoms with Crippen LogP contribution in [-0.2, 0) is 10.8 Å². The first-order valence-electron chi connectivity index (χ1n) is 20.9. The first-order chi connectivity index (χ1) is 28.1. The molecule has 0 unspecified atom stereocenters. The zero-order chi connectivity index (χ0) is 41.7. The summed E-state index contributed by atoms with van der Waals surface area (Å²) in [5.41, 5.74) is 13.7. The third kappa shape index (κ3) is 6.92. The number of para-hydroxylation sites is 2. The number of hydrogen-bond donors (Lipinski definition) is 1. The van der Waals surface area contributed by atoms with Crippen LogP contribution in [0, 0.1) is 6.85 Å². The van der Waals surface area contributed by atoms with E-state index in [-0.39, 0.29) is 16.6 Å². The summed E-state index contributed by atoms with van der Waals surface area (Å²) < 4.78 is 25.6. The average Bonchev–Trinajstić information content (AvgIpc) is 3.62. The molecule has 0 radical (unpaired) electrons. The molecule has 8 rings (SSSR count). The van der Waals surface area contributed by atoms with Gasteiger partial charge < -0.3 is 5.11 Å². The van der Waals surface area contributed by atoms with Crippen LogP contribution in [0.2, 0.25) is 0 Å². The van der Waals surface area contributed by atoms with Crippen molar-refractivity contribution >= 4 is 11.0 Å². The number of pyridine rings is 1.